The van der Waals surface area contributed by atoms with Gasteiger partial charge < -0.3 is 4.74 Å². The van der Waals surface area contributed by atoms with Crippen LogP contribution in [-0.4, -0.2) is 21.0 Å². The topological polar surface area (TPSA) is 9.23 Å². The molecule has 0 aliphatic heterocycles. The molecule has 7 heavy (non-hydrogen) atoms. The Hall–Kier alpha value is 0.0249. The van der Waals surface area contributed by atoms with Crippen molar-refractivity contribution in [2.75, 3.05) is 7.11 Å². The van der Waals surface area contributed by atoms with Crippen LogP contribution < -0.4 is 0 Å². The summed E-state index contributed by atoms with van der Waals surface area (Å²) in [5, 5.41) is 0. The fourth-order valence-electron chi connectivity index (χ4n) is 0.372. The highest BCUT2D eigenvalue weighted by molar-refractivity contribution is 6.08. The summed E-state index contributed by atoms with van der Waals surface area (Å²) in [6, 6.07) is 0. The van der Waals surface area contributed by atoms with Crippen molar-refractivity contribution in [1.82, 2.24) is 0 Å². The van der Waals surface area contributed by atoms with Gasteiger partial charge in [-0.15, -0.1) is 0 Å². The van der Waals surface area contributed by atoms with Crippen molar-refractivity contribution < 1.29 is 6.11 Å². The van der Waals surface area contributed by atoms with Crippen molar-refractivity contribution >= 4 is 7.85 Å². The Morgan fingerprint density at radius 3 is 2.57 bits per heavy atom. The first-order valence-electron chi connectivity index (χ1n) is 2.93. The fourth-order valence-corrected chi connectivity index (χ4v) is 0.372. The zero-order chi connectivity index (χ0) is 6.62. The molecule has 0 fully saturated rings. The van der Waals surface area contributed by atoms with Gasteiger partial charge in [0.2, 0.25) is 0 Å². The molecule has 0 aromatic rings. The van der Waals surface area contributed by atoms with Gasteiger partial charge in [-0.25, -0.2) is 0 Å². The van der Waals surface area contributed by atoms with Gasteiger partial charge in [0, 0.05) is 13.2 Å². The highest BCUT2D eigenvalue weighted by Gasteiger charge is 1.95. The number of hydrogen-bond donors (Lipinski definition) is 0. The zero-order valence-electron chi connectivity index (χ0n) is 5.90. The van der Waals surface area contributed by atoms with E-state index in [1.807, 2.05) is 6.92 Å². The molecular formula is C5H11BO. The minimum atomic E-state index is -0.847. The van der Waals surface area contributed by atoms with Crippen LogP contribution in [0.3, 0.4) is 0 Å². The average Bonchev–Trinajstić information content (AvgIpc) is 1.87. The lowest BCUT2D eigenvalue weighted by atomic mass is 9.98. The normalized spacial score (nSPS) is 20.6. The molecule has 0 heterocycles. The third-order valence-corrected chi connectivity index (χ3v) is 0.911. The summed E-state index contributed by atoms with van der Waals surface area (Å²) in [7, 11) is 6.72. The molecule has 0 aromatic carbocycles. The Balaban J connectivity index is 3.58. The largest absolute Gasteiger partial charge is 0.382 e. The van der Waals surface area contributed by atoms with E-state index in [-0.39, 0.29) is 6.32 Å². The maximum Gasteiger partial charge on any atom is 0.0688 e. The van der Waals surface area contributed by atoms with E-state index in [4.69, 9.17) is 14.0 Å². The molecule has 0 aliphatic rings. The van der Waals surface area contributed by atoms with Crippen LogP contribution in [-0.2, 0) is 4.74 Å². The summed E-state index contributed by atoms with van der Waals surface area (Å²) in [4.78, 5) is 0. The molecule has 1 atom stereocenters. The predicted octanol–water partition coefficient (Wildman–Crippen LogP) is 0.998. The van der Waals surface area contributed by atoms with Crippen molar-refractivity contribution in [2.24, 2.45) is 0 Å². The molecule has 0 spiro atoms. The van der Waals surface area contributed by atoms with Gasteiger partial charge in [0.1, 0.15) is 0 Å². The number of ether oxygens (including phenoxy) is 1. The molecule has 1 unspecified atom stereocenters. The van der Waals surface area contributed by atoms with Crippen molar-refractivity contribution in [3.8, 4) is 0 Å². The van der Waals surface area contributed by atoms with Crippen molar-refractivity contribution in [2.45, 2.75) is 25.7 Å². The smallest absolute Gasteiger partial charge is 0.0688 e. The SMILES string of the molecule is [2H]C(C[B])(CC)OC. The van der Waals surface area contributed by atoms with Gasteiger partial charge in [-0.2, -0.15) is 0 Å². The van der Waals surface area contributed by atoms with Crippen LogP contribution in [0.4, 0.5) is 0 Å². The second-order valence-corrected chi connectivity index (χ2v) is 1.30. The van der Waals surface area contributed by atoms with Crippen LogP contribution in [0, 0.1) is 0 Å². The lowest BCUT2D eigenvalue weighted by Gasteiger charge is -2.07. The Labute approximate surface area is 47.9 Å². The highest BCUT2D eigenvalue weighted by Crippen LogP contribution is 1.97. The van der Waals surface area contributed by atoms with E-state index in [0.29, 0.717) is 6.42 Å². The molecule has 0 amide bonds. The summed E-state index contributed by atoms with van der Waals surface area (Å²) >= 11 is 0. The molecule has 40 valence electrons. The highest BCUT2D eigenvalue weighted by atomic mass is 16.5. The van der Waals surface area contributed by atoms with Crippen LogP contribution in [0.2, 0.25) is 6.32 Å². The summed E-state index contributed by atoms with van der Waals surface area (Å²) in [6.07, 6.45) is 0.0556. The molecular weight excluding hydrogens is 86.9 g/mol. The number of hydrogen-bond acceptors (Lipinski definition) is 1. The summed E-state index contributed by atoms with van der Waals surface area (Å²) < 4.78 is 12.1. The van der Waals surface area contributed by atoms with E-state index >= 15 is 0 Å². The quantitative estimate of drug-likeness (QED) is 0.479. The Morgan fingerprint density at radius 1 is 2.00 bits per heavy atom. The number of rotatable bonds is 3. The Morgan fingerprint density at radius 2 is 2.57 bits per heavy atom. The Bertz CT molecular complexity index is 55.2. The maximum absolute atomic E-state index is 7.32. The van der Waals surface area contributed by atoms with Gasteiger partial charge >= 0.3 is 0 Å². The first-order chi connectivity index (χ1) is 3.68. The van der Waals surface area contributed by atoms with Crippen LogP contribution in [0.25, 0.3) is 0 Å². The van der Waals surface area contributed by atoms with Gasteiger partial charge in [-0.05, 0) is 6.42 Å². The molecule has 1 nitrogen and oxygen atoms in total. The van der Waals surface area contributed by atoms with Crippen molar-refractivity contribution in [3.05, 3.63) is 0 Å². The van der Waals surface area contributed by atoms with Crippen LogP contribution >= 0.6 is 0 Å². The first kappa shape index (κ1) is 5.17. The second kappa shape index (κ2) is 4.19. The summed E-state index contributed by atoms with van der Waals surface area (Å²) in [5.41, 5.74) is 0. The van der Waals surface area contributed by atoms with Crippen LogP contribution in [0.15, 0.2) is 0 Å². The van der Waals surface area contributed by atoms with Gasteiger partial charge in [-0.3, -0.25) is 0 Å². The first-order valence-corrected chi connectivity index (χ1v) is 2.43. The van der Waals surface area contributed by atoms with E-state index in [1.54, 1.807) is 0 Å². The molecule has 2 radical (unpaired) electrons. The lowest BCUT2D eigenvalue weighted by molar-refractivity contribution is 0.116. The maximum atomic E-state index is 7.32. The molecule has 0 rings (SSSR count). The minimum Gasteiger partial charge on any atom is -0.382 e. The molecule has 0 saturated carbocycles. The average molecular weight is 99.0 g/mol. The standard InChI is InChI=1S/C5H11BO/c1-3-5(4-6)7-2/h5H,3-4H2,1-2H3/i5D. The van der Waals surface area contributed by atoms with Crippen molar-refractivity contribution in [1.29, 1.82) is 0 Å². The van der Waals surface area contributed by atoms with Gasteiger partial charge in [0.05, 0.1) is 9.22 Å². The second-order valence-electron chi connectivity index (χ2n) is 1.30. The summed E-state index contributed by atoms with van der Waals surface area (Å²) in [5.74, 6) is 0. The van der Waals surface area contributed by atoms with E-state index < -0.39 is 6.08 Å². The lowest BCUT2D eigenvalue weighted by Crippen LogP contribution is -2.06. The zero-order valence-corrected chi connectivity index (χ0v) is 4.90. The molecule has 0 aliphatic carbocycles. The minimum absolute atomic E-state index is 0.264. The van der Waals surface area contributed by atoms with Gasteiger partial charge in [-0.1, -0.05) is 13.2 Å². The molecule has 2 heteroatoms. The molecule has 0 saturated heterocycles. The van der Waals surface area contributed by atoms with Crippen LogP contribution in [0.5, 0.6) is 0 Å². The van der Waals surface area contributed by atoms with Crippen LogP contribution in [0.1, 0.15) is 14.7 Å². The molecule has 0 N–H and O–H groups in total. The monoisotopic (exact) mass is 99.1 g/mol. The fraction of sp³-hybridized carbons (Fsp3) is 1.00. The van der Waals surface area contributed by atoms with Crippen molar-refractivity contribution in [3.63, 3.8) is 0 Å². The molecule has 0 bridgehead atoms. The van der Waals surface area contributed by atoms with E-state index in [0.717, 1.165) is 0 Å². The van der Waals surface area contributed by atoms with E-state index in [1.165, 1.54) is 7.11 Å². The third kappa shape index (κ3) is 2.69. The Kier molecular flexibility index (Phi) is 3.09. The van der Waals surface area contributed by atoms with Gasteiger partial charge in [0.15, 0.2) is 0 Å². The third-order valence-electron chi connectivity index (χ3n) is 0.911. The number of methoxy groups -OCH3 is 1. The van der Waals surface area contributed by atoms with E-state index in [9.17, 15) is 0 Å². The molecule has 0 aromatic heterocycles. The summed E-state index contributed by atoms with van der Waals surface area (Å²) in [6.45, 7) is 1.88. The van der Waals surface area contributed by atoms with E-state index in [2.05, 4.69) is 0 Å². The predicted molar refractivity (Wildman–Crippen MR) is 31.6 cm³/mol. The van der Waals surface area contributed by atoms with Gasteiger partial charge in [0.25, 0.3) is 0 Å².